The van der Waals surface area contributed by atoms with Crippen molar-refractivity contribution in [2.45, 2.75) is 83.0 Å². The summed E-state index contributed by atoms with van der Waals surface area (Å²) in [4.78, 5) is 0. The summed E-state index contributed by atoms with van der Waals surface area (Å²) in [6.45, 7) is 2.25. The molecule has 0 radical (unpaired) electrons. The first-order chi connectivity index (χ1) is 15.6. The van der Waals surface area contributed by atoms with Crippen LogP contribution in [0.5, 0.6) is 0 Å². The SMILES string of the molecule is CCCCCCCc1ccc(C2CCC(c3ccc4c(F)c(F)c(F)cc4c3)CC2)cc1. The fraction of sp³-hybridized carbons (Fsp3) is 0.448. The van der Waals surface area contributed by atoms with Crippen molar-refractivity contribution >= 4 is 10.8 Å². The fourth-order valence-corrected chi connectivity index (χ4v) is 5.23. The lowest BCUT2D eigenvalue weighted by molar-refractivity contribution is 0.396. The first kappa shape index (κ1) is 22.9. The van der Waals surface area contributed by atoms with Gasteiger partial charge in [0.2, 0.25) is 0 Å². The average Bonchev–Trinajstić information content (AvgIpc) is 2.83. The molecule has 170 valence electrons. The number of fused-ring (bicyclic) bond motifs is 1. The quantitative estimate of drug-likeness (QED) is 0.243. The number of unbranched alkanes of at least 4 members (excludes halogenated alkanes) is 4. The predicted octanol–water partition coefficient (Wildman–Crippen LogP) is 9.21. The Balaban J connectivity index is 1.34. The van der Waals surface area contributed by atoms with Crippen LogP contribution in [-0.2, 0) is 6.42 Å². The van der Waals surface area contributed by atoms with Crippen LogP contribution in [0.1, 0.15) is 93.2 Å². The summed E-state index contributed by atoms with van der Waals surface area (Å²) in [5.74, 6) is -2.66. The first-order valence-electron chi connectivity index (χ1n) is 12.2. The number of hydrogen-bond donors (Lipinski definition) is 0. The van der Waals surface area contributed by atoms with Gasteiger partial charge in [0.1, 0.15) is 0 Å². The molecule has 1 aliphatic carbocycles. The molecule has 0 nitrogen and oxygen atoms in total. The van der Waals surface area contributed by atoms with Gasteiger partial charge in [-0.05, 0) is 78.5 Å². The number of benzene rings is 3. The molecule has 0 unspecified atom stereocenters. The normalized spacial score (nSPS) is 18.9. The number of rotatable bonds is 8. The van der Waals surface area contributed by atoms with Crippen molar-refractivity contribution in [2.24, 2.45) is 0 Å². The van der Waals surface area contributed by atoms with Crippen LogP contribution in [0.15, 0.2) is 48.5 Å². The second-order valence-corrected chi connectivity index (χ2v) is 9.42. The van der Waals surface area contributed by atoms with E-state index in [-0.39, 0.29) is 5.39 Å². The molecular formula is C29H33F3. The van der Waals surface area contributed by atoms with Gasteiger partial charge in [-0.3, -0.25) is 0 Å². The van der Waals surface area contributed by atoms with Crippen LogP contribution in [0.4, 0.5) is 13.2 Å². The molecule has 0 atom stereocenters. The monoisotopic (exact) mass is 438 g/mol. The maximum absolute atomic E-state index is 14.0. The molecule has 3 heteroatoms. The zero-order valence-electron chi connectivity index (χ0n) is 19.0. The molecule has 1 fully saturated rings. The van der Waals surface area contributed by atoms with Crippen molar-refractivity contribution in [2.75, 3.05) is 0 Å². The third-order valence-electron chi connectivity index (χ3n) is 7.22. The number of hydrogen-bond acceptors (Lipinski definition) is 0. The van der Waals surface area contributed by atoms with E-state index >= 15 is 0 Å². The largest absolute Gasteiger partial charge is 0.204 e. The van der Waals surface area contributed by atoms with Gasteiger partial charge in [0.15, 0.2) is 17.5 Å². The Morgan fingerprint density at radius 3 is 2.00 bits per heavy atom. The summed E-state index contributed by atoms with van der Waals surface area (Å²) in [7, 11) is 0. The van der Waals surface area contributed by atoms with Crippen molar-refractivity contribution in [1.82, 2.24) is 0 Å². The highest BCUT2D eigenvalue weighted by atomic mass is 19.2. The Kier molecular flexibility index (Phi) is 7.55. The van der Waals surface area contributed by atoms with Crippen molar-refractivity contribution < 1.29 is 13.2 Å². The van der Waals surface area contributed by atoms with E-state index in [2.05, 4.69) is 31.2 Å². The van der Waals surface area contributed by atoms with E-state index in [1.54, 1.807) is 6.07 Å². The van der Waals surface area contributed by atoms with E-state index in [1.807, 2.05) is 12.1 Å². The molecule has 32 heavy (non-hydrogen) atoms. The number of aryl methyl sites for hydroxylation is 1. The van der Waals surface area contributed by atoms with E-state index in [9.17, 15) is 13.2 Å². The lowest BCUT2D eigenvalue weighted by atomic mass is 9.76. The minimum atomic E-state index is -1.40. The van der Waals surface area contributed by atoms with Gasteiger partial charge in [0, 0.05) is 5.39 Å². The van der Waals surface area contributed by atoms with Crippen molar-refractivity contribution in [1.29, 1.82) is 0 Å². The van der Waals surface area contributed by atoms with Crippen LogP contribution in [-0.4, -0.2) is 0 Å². The maximum atomic E-state index is 14.0. The van der Waals surface area contributed by atoms with Crippen molar-refractivity contribution in [3.8, 4) is 0 Å². The molecule has 0 bridgehead atoms. The predicted molar refractivity (Wildman–Crippen MR) is 127 cm³/mol. The lowest BCUT2D eigenvalue weighted by Gasteiger charge is -2.29. The smallest absolute Gasteiger partial charge is 0.195 e. The lowest BCUT2D eigenvalue weighted by Crippen LogP contribution is -2.12. The molecule has 0 aliphatic heterocycles. The third kappa shape index (κ3) is 5.19. The van der Waals surface area contributed by atoms with E-state index in [1.165, 1.54) is 49.7 Å². The highest BCUT2D eigenvalue weighted by Crippen LogP contribution is 2.41. The molecule has 0 heterocycles. The van der Waals surface area contributed by atoms with Crippen LogP contribution in [0.3, 0.4) is 0 Å². The topological polar surface area (TPSA) is 0 Å². The van der Waals surface area contributed by atoms with Gasteiger partial charge >= 0.3 is 0 Å². The van der Waals surface area contributed by atoms with Gasteiger partial charge in [-0.1, -0.05) is 75.1 Å². The summed E-state index contributed by atoms with van der Waals surface area (Å²) in [6, 6.07) is 15.6. The van der Waals surface area contributed by atoms with Gasteiger partial charge in [-0.2, -0.15) is 0 Å². The zero-order valence-corrected chi connectivity index (χ0v) is 19.0. The van der Waals surface area contributed by atoms with Crippen molar-refractivity contribution in [3.63, 3.8) is 0 Å². The van der Waals surface area contributed by atoms with Gasteiger partial charge in [0.25, 0.3) is 0 Å². The van der Waals surface area contributed by atoms with E-state index < -0.39 is 17.5 Å². The van der Waals surface area contributed by atoms with Gasteiger partial charge in [-0.25, -0.2) is 13.2 Å². The van der Waals surface area contributed by atoms with E-state index in [0.717, 1.165) is 37.3 Å². The summed E-state index contributed by atoms with van der Waals surface area (Å²) < 4.78 is 41.2. The molecule has 0 saturated heterocycles. The first-order valence-corrected chi connectivity index (χ1v) is 12.2. The molecule has 0 amide bonds. The second-order valence-electron chi connectivity index (χ2n) is 9.42. The summed E-state index contributed by atoms with van der Waals surface area (Å²) in [5.41, 5.74) is 3.96. The Bertz CT molecular complexity index is 1030. The maximum Gasteiger partial charge on any atom is 0.195 e. The minimum absolute atomic E-state index is 0.145. The highest BCUT2D eigenvalue weighted by molar-refractivity contribution is 5.84. The Labute approximate surface area is 189 Å². The highest BCUT2D eigenvalue weighted by Gasteiger charge is 2.24. The molecule has 0 N–H and O–H groups in total. The Hall–Kier alpha value is -2.29. The molecule has 1 saturated carbocycles. The van der Waals surface area contributed by atoms with Crippen molar-refractivity contribution in [3.05, 3.63) is 82.7 Å². The van der Waals surface area contributed by atoms with Crippen LogP contribution >= 0.6 is 0 Å². The van der Waals surface area contributed by atoms with Crippen LogP contribution in [0, 0.1) is 17.5 Å². The summed E-state index contributed by atoms with van der Waals surface area (Å²) in [5, 5.41) is 0.582. The Morgan fingerprint density at radius 2 is 1.31 bits per heavy atom. The van der Waals surface area contributed by atoms with E-state index in [0.29, 0.717) is 17.2 Å². The van der Waals surface area contributed by atoms with Crippen LogP contribution in [0.2, 0.25) is 0 Å². The molecule has 1 aliphatic rings. The van der Waals surface area contributed by atoms with Gasteiger partial charge in [-0.15, -0.1) is 0 Å². The number of halogens is 3. The second kappa shape index (κ2) is 10.6. The molecule has 0 aromatic heterocycles. The zero-order chi connectivity index (χ0) is 22.5. The molecule has 3 aromatic carbocycles. The molecule has 4 rings (SSSR count). The summed E-state index contributed by atoms with van der Waals surface area (Å²) in [6.07, 6.45) is 12.1. The molecular weight excluding hydrogens is 405 g/mol. The fourth-order valence-electron chi connectivity index (χ4n) is 5.23. The van der Waals surface area contributed by atoms with Gasteiger partial charge < -0.3 is 0 Å². The average molecular weight is 439 g/mol. The standard InChI is InChI=1S/C29H33F3/c1-2-3-4-5-6-7-20-8-10-21(11-9-20)22-12-14-23(15-13-22)24-16-17-26-25(18-24)19-27(30)29(32)28(26)31/h8-11,16-19,22-23H,2-7,12-15H2,1H3. The molecule has 0 spiro atoms. The van der Waals surface area contributed by atoms with Crippen LogP contribution in [0.25, 0.3) is 10.8 Å². The molecule has 3 aromatic rings. The van der Waals surface area contributed by atoms with Gasteiger partial charge in [0.05, 0.1) is 0 Å². The third-order valence-corrected chi connectivity index (χ3v) is 7.22. The minimum Gasteiger partial charge on any atom is -0.204 e. The summed E-state index contributed by atoms with van der Waals surface area (Å²) >= 11 is 0. The van der Waals surface area contributed by atoms with E-state index in [4.69, 9.17) is 0 Å². The Morgan fingerprint density at radius 1 is 0.688 bits per heavy atom. The van der Waals surface area contributed by atoms with Crippen LogP contribution < -0.4 is 0 Å².